The van der Waals surface area contributed by atoms with E-state index < -0.39 is 0 Å². The molecule has 2 rings (SSSR count). The smallest absolute Gasteiger partial charge is 0.223 e. The zero-order valence-electron chi connectivity index (χ0n) is 14.2. The van der Waals surface area contributed by atoms with Gasteiger partial charge in [-0.25, -0.2) is 4.98 Å². The van der Waals surface area contributed by atoms with Gasteiger partial charge in [0.1, 0.15) is 0 Å². The first-order chi connectivity index (χ1) is 11.1. The average Bonchev–Trinajstić information content (AvgIpc) is 2.78. The molecule has 0 unspecified atom stereocenters. The van der Waals surface area contributed by atoms with Crippen LogP contribution in [0.15, 0.2) is 4.99 Å². The Labute approximate surface area is 142 Å². The lowest BCUT2D eigenvalue weighted by molar-refractivity contribution is -0.127. The van der Waals surface area contributed by atoms with E-state index in [0.29, 0.717) is 6.54 Å². The number of amides is 1. The number of nitrogens with one attached hydrogen (secondary N) is 3. The van der Waals surface area contributed by atoms with Gasteiger partial charge in [-0.15, -0.1) is 11.3 Å². The molecule has 1 aromatic heterocycles. The highest BCUT2D eigenvalue weighted by atomic mass is 32.1. The van der Waals surface area contributed by atoms with E-state index in [4.69, 9.17) is 0 Å². The maximum atomic E-state index is 11.7. The fourth-order valence-electron chi connectivity index (χ4n) is 2.44. The fourth-order valence-corrected chi connectivity index (χ4v) is 3.32. The molecule has 0 atom stereocenters. The maximum absolute atomic E-state index is 11.7. The van der Waals surface area contributed by atoms with Crippen LogP contribution in [0.5, 0.6) is 0 Å². The van der Waals surface area contributed by atoms with E-state index in [2.05, 4.69) is 25.9 Å². The van der Waals surface area contributed by atoms with Crippen molar-refractivity contribution in [3.8, 4) is 0 Å². The molecular weight excluding hydrogens is 310 g/mol. The molecule has 0 aliphatic heterocycles. The van der Waals surface area contributed by atoms with Crippen LogP contribution < -0.4 is 16.0 Å². The van der Waals surface area contributed by atoms with Crippen molar-refractivity contribution < 1.29 is 4.79 Å². The van der Waals surface area contributed by atoms with Crippen LogP contribution in [-0.2, 0) is 11.3 Å². The molecule has 1 aliphatic carbocycles. The zero-order chi connectivity index (χ0) is 16.7. The minimum Gasteiger partial charge on any atom is -0.356 e. The predicted octanol–water partition coefficient (Wildman–Crippen LogP) is 1.73. The van der Waals surface area contributed by atoms with Crippen LogP contribution in [0.25, 0.3) is 0 Å². The minimum atomic E-state index is 0.217. The van der Waals surface area contributed by atoms with Crippen LogP contribution in [0.2, 0.25) is 0 Å². The van der Waals surface area contributed by atoms with E-state index >= 15 is 0 Å². The molecule has 0 bridgehead atoms. The van der Waals surface area contributed by atoms with Crippen molar-refractivity contribution in [1.82, 2.24) is 20.9 Å². The second kappa shape index (κ2) is 8.86. The quantitative estimate of drug-likeness (QED) is 0.402. The monoisotopic (exact) mass is 337 g/mol. The highest BCUT2D eigenvalue weighted by Crippen LogP contribution is 2.26. The number of carbonyl (C=O) groups excluding carboxylic acids is 1. The average molecular weight is 337 g/mol. The zero-order valence-corrected chi connectivity index (χ0v) is 15.1. The summed E-state index contributed by atoms with van der Waals surface area (Å²) in [6.45, 7) is 6.28. The Kier molecular flexibility index (Phi) is 6.83. The molecule has 6 nitrogen and oxygen atoms in total. The van der Waals surface area contributed by atoms with Gasteiger partial charge in [-0.3, -0.25) is 9.79 Å². The molecule has 3 N–H and O–H groups in total. The van der Waals surface area contributed by atoms with Gasteiger partial charge in [0.05, 0.1) is 17.2 Å². The molecule has 0 saturated heterocycles. The molecular formula is C16H27N5OS. The maximum Gasteiger partial charge on any atom is 0.223 e. The SMILES string of the molecule is CN=C(NCCCNC(=O)C1CCC1)NCc1sc(C)nc1C. The molecule has 0 spiro atoms. The highest BCUT2D eigenvalue weighted by Gasteiger charge is 2.24. The van der Waals surface area contributed by atoms with Gasteiger partial charge in [0, 0.05) is 30.9 Å². The first-order valence-electron chi connectivity index (χ1n) is 8.25. The van der Waals surface area contributed by atoms with Crippen LogP contribution in [0.3, 0.4) is 0 Å². The topological polar surface area (TPSA) is 78.4 Å². The Hall–Kier alpha value is -1.63. The molecule has 1 aliphatic rings. The summed E-state index contributed by atoms with van der Waals surface area (Å²) in [6.07, 6.45) is 4.19. The first-order valence-corrected chi connectivity index (χ1v) is 9.07. The Balaban J connectivity index is 1.59. The van der Waals surface area contributed by atoms with Crippen molar-refractivity contribution in [2.45, 2.75) is 46.1 Å². The van der Waals surface area contributed by atoms with Crippen LogP contribution >= 0.6 is 11.3 Å². The third kappa shape index (κ3) is 5.49. The molecule has 0 radical (unpaired) electrons. The summed E-state index contributed by atoms with van der Waals surface area (Å²) in [5.74, 6) is 1.26. The molecule has 1 amide bonds. The van der Waals surface area contributed by atoms with Gasteiger partial charge in [-0.05, 0) is 33.1 Å². The number of aryl methyl sites for hydroxylation is 2. The lowest BCUT2D eigenvalue weighted by Gasteiger charge is -2.24. The number of guanidine groups is 1. The fraction of sp³-hybridized carbons (Fsp3) is 0.688. The van der Waals surface area contributed by atoms with Crippen LogP contribution in [0.1, 0.15) is 41.3 Å². The number of aliphatic imine (C=N–C) groups is 1. The van der Waals surface area contributed by atoms with E-state index in [1.54, 1.807) is 18.4 Å². The van der Waals surface area contributed by atoms with Gasteiger partial charge in [0.15, 0.2) is 5.96 Å². The molecule has 1 saturated carbocycles. The lowest BCUT2D eigenvalue weighted by Crippen LogP contribution is -2.39. The van der Waals surface area contributed by atoms with E-state index in [9.17, 15) is 4.79 Å². The van der Waals surface area contributed by atoms with Crippen molar-refractivity contribution >= 4 is 23.2 Å². The Morgan fingerprint density at radius 2 is 2.00 bits per heavy atom. The molecule has 1 aromatic rings. The summed E-state index contributed by atoms with van der Waals surface area (Å²) in [6, 6.07) is 0. The van der Waals surface area contributed by atoms with E-state index in [0.717, 1.165) is 49.0 Å². The predicted molar refractivity (Wildman–Crippen MR) is 94.8 cm³/mol. The van der Waals surface area contributed by atoms with Crippen molar-refractivity contribution in [2.24, 2.45) is 10.9 Å². The number of carbonyl (C=O) groups is 1. The summed E-state index contributed by atoms with van der Waals surface area (Å²) < 4.78 is 0. The second-order valence-corrected chi connectivity index (χ2v) is 7.15. The summed E-state index contributed by atoms with van der Waals surface area (Å²) in [4.78, 5) is 21.6. The number of hydrogen-bond acceptors (Lipinski definition) is 4. The van der Waals surface area contributed by atoms with Crippen molar-refractivity contribution in [3.05, 3.63) is 15.6 Å². The summed E-state index contributed by atoms with van der Waals surface area (Å²) >= 11 is 1.71. The number of rotatable bonds is 7. The highest BCUT2D eigenvalue weighted by molar-refractivity contribution is 7.11. The summed E-state index contributed by atoms with van der Waals surface area (Å²) in [5, 5.41) is 10.7. The standard InChI is InChI=1S/C16H27N5OS/c1-11-14(23-12(2)21-11)10-20-16(17-3)19-9-5-8-18-15(22)13-6-4-7-13/h13H,4-10H2,1-3H3,(H,18,22)(H2,17,19,20). The molecule has 1 heterocycles. The van der Waals surface area contributed by atoms with Gasteiger partial charge >= 0.3 is 0 Å². The molecule has 23 heavy (non-hydrogen) atoms. The summed E-state index contributed by atoms with van der Waals surface area (Å²) in [7, 11) is 1.76. The van der Waals surface area contributed by atoms with E-state index in [-0.39, 0.29) is 11.8 Å². The molecule has 7 heteroatoms. The summed E-state index contributed by atoms with van der Waals surface area (Å²) in [5.41, 5.74) is 1.08. The van der Waals surface area contributed by atoms with Crippen LogP contribution in [0, 0.1) is 19.8 Å². The second-order valence-electron chi connectivity index (χ2n) is 5.87. The normalized spacial score (nSPS) is 15.2. The van der Waals surface area contributed by atoms with Crippen molar-refractivity contribution in [2.75, 3.05) is 20.1 Å². The number of aromatic nitrogens is 1. The molecule has 1 fully saturated rings. The van der Waals surface area contributed by atoms with Gasteiger partial charge in [0.25, 0.3) is 0 Å². The van der Waals surface area contributed by atoms with Gasteiger partial charge in [-0.1, -0.05) is 6.42 Å². The molecule has 128 valence electrons. The van der Waals surface area contributed by atoms with Crippen molar-refractivity contribution in [1.29, 1.82) is 0 Å². The van der Waals surface area contributed by atoms with Gasteiger partial charge in [-0.2, -0.15) is 0 Å². The number of nitrogens with zero attached hydrogens (tertiary/aromatic N) is 2. The molecule has 0 aromatic carbocycles. The largest absolute Gasteiger partial charge is 0.356 e. The third-order valence-corrected chi connectivity index (χ3v) is 5.13. The van der Waals surface area contributed by atoms with Crippen LogP contribution in [-0.4, -0.2) is 37.0 Å². The third-order valence-electron chi connectivity index (χ3n) is 4.06. The lowest BCUT2D eigenvalue weighted by atomic mass is 9.85. The van der Waals surface area contributed by atoms with Crippen molar-refractivity contribution in [3.63, 3.8) is 0 Å². The van der Waals surface area contributed by atoms with E-state index in [1.807, 2.05) is 13.8 Å². The Bertz CT molecular complexity index is 551. The first kappa shape index (κ1) is 17.7. The van der Waals surface area contributed by atoms with Gasteiger partial charge in [0.2, 0.25) is 5.91 Å². The Morgan fingerprint density at radius 1 is 1.26 bits per heavy atom. The Morgan fingerprint density at radius 3 is 2.57 bits per heavy atom. The number of hydrogen-bond donors (Lipinski definition) is 3. The van der Waals surface area contributed by atoms with Gasteiger partial charge < -0.3 is 16.0 Å². The minimum absolute atomic E-state index is 0.217. The van der Waals surface area contributed by atoms with E-state index in [1.165, 1.54) is 11.3 Å². The van der Waals surface area contributed by atoms with Crippen LogP contribution in [0.4, 0.5) is 0 Å². The number of thiazole rings is 1.